The fourth-order valence-electron chi connectivity index (χ4n) is 2.22. The number of nitro benzene ring substituents is 1. The predicted molar refractivity (Wildman–Crippen MR) is 110 cm³/mol. The Morgan fingerprint density at radius 1 is 1.10 bits per heavy atom. The molecule has 3 N–H and O–H groups in total. The van der Waals surface area contributed by atoms with E-state index in [2.05, 4.69) is 15.8 Å². The Kier molecular flexibility index (Phi) is 8.16. The van der Waals surface area contributed by atoms with Crippen LogP contribution in [0.1, 0.15) is 5.56 Å². The molecule has 2 amide bonds. The molecule has 0 aliphatic carbocycles. The van der Waals surface area contributed by atoms with Gasteiger partial charge in [0, 0.05) is 6.07 Å². The summed E-state index contributed by atoms with van der Waals surface area (Å²) in [6.45, 7) is -1.16. The summed E-state index contributed by atoms with van der Waals surface area (Å²) in [5.74, 6) is -0.780. The Morgan fingerprint density at radius 3 is 2.42 bits per heavy atom. The average Bonchev–Trinajstić information content (AvgIpc) is 2.76. The van der Waals surface area contributed by atoms with Gasteiger partial charge in [-0.2, -0.15) is 5.10 Å². The van der Waals surface area contributed by atoms with E-state index in [1.165, 1.54) is 25.5 Å². The summed E-state index contributed by atoms with van der Waals surface area (Å²) in [4.78, 5) is 33.1. The van der Waals surface area contributed by atoms with Crippen molar-refractivity contribution in [2.24, 2.45) is 5.10 Å². The highest BCUT2D eigenvalue weighted by Gasteiger charge is 2.25. The Bertz CT molecular complexity index is 1080. The van der Waals surface area contributed by atoms with E-state index in [4.69, 9.17) is 4.74 Å². The molecule has 0 saturated heterocycles. The van der Waals surface area contributed by atoms with Crippen molar-refractivity contribution in [2.45, 2.75) is 4.90 Å². The maximum absolute atomic E-state index is 12.2. The highest BCUT2D eigenvalue weighted by Crippen LogP contribution is 2.22. The van der Waals surface area contributed by atoms with Crippen LogP contribution in [0.4, 0.5) is 5.69 Å². The van der Waals surface area contributed by atoms with Crippen LogP contribution in [0.25, 0.3) is 0 Å². The molecule has 0 bridgehead atoms. The highest BCUT2D eigenvalue weighted by atomic mass is 32.2. The lowest BCUT2D eigenvalue weighted by molar-refractivity contribution is -0.387. The van der Waals surface area contributed by atoms with Gasteiger partial charge < -0.3 is 10.1 Å². The molecule has 0 radical (unpaired) electrons. The first-order chi connectivity index (χ1) is 14.7. The minimum atomic E-state index is -4.30. The van der Waals surface area contributed by atoms with Gasteiger partial charge >= 0.3 is 0 Å². The lowest BCUT2D eigenvalue weighted by Crippen LogP contribution is -2.41. The van der Waals surface area contributed by atoms with Gasteiger partial charge in [0.2, 0.25) is 15.9 Å². The Labute approximate surface area is 177 Å². The number of carbonyl (C=O) groups is 2. The van der Waals surface area contributed by atoms with Crippen molar-refractivity contribution in [3.8, 4) is 5.75 Å². The maximum atomic E-state index is 12.2. The second-order valence-electron chi connectivity index (χ2n) is 5.89. The first kappa shape index (κ1) is 23.4. The first-order valence-electron chi connectivity index (χ1n) is 8.68. The number of hydrogen-bond donors (Lipinski definition) is 3. The molecule has 0 unspecified atom stereocenters. The van der Waals surface area contributed by atoms with E-state index in [1.54, 1.807) is 24.3 Å². The molecule has 0 heterocycles. The molecular weight excluding hydrogens is 430 g/mol. The van der Waals surface area contributed by atoms with Crippen molar-refractivity contribution in [1.29, 1.82) is 0 Å². The van der Waals surface area contributed by atoms with Crippen LogP contribution >= 0.6 is 0 Å². The molecule has 0 aromatic heterocycles. The van der Waals surface area contributed by atoms with Gasteiger partial charge in [0.1, 0.15) is 5.75 Å². The number of nitro groups is 1. The van der Waals surface area contributed by atoms with Crippen LogP contribution in [0.3, 0.4) is 0 Å². The van der Waals surface area contributed by atoms with E-state index in [0.717, 1.165) is 12.1 Å². The fourth-order valence-corrected chi connectivity index (χ4v) is 3.38. The van der Waals surface area contributed by atoms with Crippen molar-refractivity contribution >= 4 is 33.7 Å². The van der Waals surface area contributed by atoms with E-state index in [9.17, 15) is 28.1 Å². The molecule has 164 valence electrons. The number of ether oxygens (including phenoxy) is 1. The first-order valence-corrected chi connectivity index (χ1v) is 10.2. The molecule has 13 heteroatoms. The van der Waals surface area contributed by atoms with Gasteiger partial charge in [0.25, 0.3) is 11.6 Å². The summed E-state index contributed by atoms with van der Waals surface area (Å²) in [7, 11) is -2.77. The van der Waals surface area contributed by atoms with Gasteiger partial charge in [0.05, 0.1) is 31.3 Å². The largest absolute Gasteiger partial charge is 0.497 e. The molecule has 2 aromatic rings. The molecule has 31 heavy (non-hydrogen) atoms. The van der Waals surface area contributed by atoms with Gasteiger partial charge in [-0.1, -0.05) is 12.1 Å². The number of nitrogens with one attached hydrogen (secondary N) is 3. The van der Waals surface area contributed by atoms with Gasteiger partial charge in [-0.3, -0.25) is 19.7 Å². The number of carbonyl (C=O) groups excluding carboxylic acids is 2. The number of methoxy groups -OCH3 is 1. The molecule has 0 spiro atoms. The average molecular weight is 449 g/mol. The Hall–Kier alpha value is -3.84. The van der Waals surface area contributed by atoms with Crippen LogP contribution in [-0.2, 0) is 19.6 Å². The smallest absolute Gasteiger partial charge is 0.289 e. The fraction of sp³-hybridized carbons (Fsp3) is 0.167. The molecule has 2 rings (SSSR count). The zero-order valence-corrected chi connectivity index (χ0v) is 17.1. The summed E-state index contributed by atoms with van der Waals surface area (Å²) in [6, 6.07) is 11.6. The standard InChI is InChI=1S/C18H19N5O7S/c1-30-14-8-6-13(7-9-14)10-20-22-18(25)11-19-17(24)12-21-31(28,29)16-5-3-2-4-15(16)23(26)27/h2-10,21H,11-12H2,1H3,(H,19,24)(H,22,25)/b20-10-. The second kappa shape index (κ2) is 10.8. The summed E-state index contributed by atoms with van der Waals surface area (Å²) < 4.78 is 31.4. The summed E-state index contributed by atoms with van der Waals surface area (Å²) >= 11 is 0. The van der Waals surface area contributed by atoms with E-state index >= 15 is 0 Å². The van der Waals surface area contributed by atoms with Crippen LogP contribution in [0.15, 0.2) is 58.5 Å². The lowest BCUT2D eigenvalue weighted by Gasteiger charge is -2.08. The minimum Gasteiger partial charge on any atom is -0.497 e. The molecule has 2 aromatic carbocycles. The topological polar surface area (TPSA) is 169 Å². The lowest BCUT2D eigenvalue weighted by atomic mass is 10.2. The van der Waals surface area contributed by atoms with Gasteiger partial charge in [-0.15, -0.1) is 0 Å². The molecule has 0 atom stereocenters. The third-order valence-electron chi connectivity index (χ3n) is 3.74. The van der Waals surface area contributed by atoms with Gasteiger partial charge in [0.15, 0.2) is 4.90 Å². The van der Waals surface area contributed by atoms with Crippen molar-refractivity contribution < 1.29 is 27.7 Å². The highest BCUT2D eigenvalue weighted by molar-refractivity contribution is 7.89. The number of benzene rings is 2. The van der Waals surface area contributed by atoms with Crippen molar-refractivity contribution in [3.05, 3.63) is 64.2 Å². The quantitative estimate of drug-likeness (QED) is 0.263. The third-order valence-corrected chi connectivity index (χ3v) is 5.19. The summed E-state index contributed by atoms with van der Waals surface area (Å²) in [5, 5.41) is 16.9. The molecular formula is C18H19N5O7S. The van der Waals surface area contributed by atoms with Gasteiger partial charge in [-0.05, 0) is 35.9 Å². The number of nitrogens with zero attached hydrogens (tertiary/aromatic N) is 2. The number of rotatable bonds is 10. The normalized spacial score (nSPS) is 11.1. The molecule has 0 aliphatic rings. The van der Waals surface area contributed by atoms with E-state index in [-0.39, 0.29) is 0 Å². The summed E-state index contributed by atoms with van der Waals surface area (Å²) in [5.41, 5.74) is 2.29. The molecule has 0 saturated carbocycles. The van der Waals surface area contributed by atoms with E-state index in [1.807, 2.05) is 4.72 Å². The zero-order valence-electron chi connectivity index (χ0n) is 16.3. The second-order valence-corrected chi connectivity index (χ2v) is 7.63. The molecule has 0 aliphatic heterocycles. The maximum Gasteiger partial charge on any atom is 0.289 e. The van der Waals surface area contributed by atoms with Crippen molar-refractivity contribution in [3.63, 3.8) is 0 Å². The zero-order chi connectivity index (χ0) is 22.9. The van der Waals surface area contributed by atoms with Crippen LogP contribution in [-0.4, -0.2) is 51.6 Å². The van der Waals surface area contributed by atoms with E-state index in [0.29, 0.717) is 11.3 Å². The minimum absolute atomic E-state index is 0.452. The number of sulfonamides is 1. The van der Waals surface area contributed by atoms with E-state index < -0.39 is 50.4 Å². The number of amides is 2. The van der Waals surface area contributed by atoms with Crippen molar-refractivity contribution in [1.82, 2.24) is 15.5 Å². The van der Waals surface area contributed by atoms with Crippen LogP contribution in [0, 0.1) is 10.1 Å². The van der Waals surface area contributed by atoms with Crippen LogP contribution in [0.2, 0.25) is 0 Å². The van der Waals surface area contributed by atoms with Gasteiger partial charge in [-0.25, -0.2) is 18.6 Å². The Morgan fingerprint density at radius 2 is 1.77 bits per heavy atom. The molecule has 12 nitrogen and oxygen atoms in total. The number of hydrogen-bond acceptors (Lipinski definition) is 8. The monoisotopic (exact) mass is 449 g/mol. The summed E-state index contributed by atoms with van der Waals surface area (Å²) in [6.07, 6.45) is 1.39. The molecule has 0 fully saturated rings. The number of hydrazone groups is 1. The van der Waals surface area contributed by atoms with Crippen LogP contribution < -0.4 is 20.2 Å². The number of para-hydroxylation sites is 1. The third kappa shape index (κ3) is 7.17. The van der Waals surface area contributed by atoms with Crippen LogP contribution in [0.5, 0.6) is 5.75 Å². The predicted octanol–water partition coefficient (Wildman–Crippen LogP) is 0.148. The van der Waals surface area contributed by atoms with Crippen molar-refractivity contribution in [2.75, 3.05) is 20.2 Å². The Balaban J connectivity index is 1.80. The SMILES string of the molecule is COc1ccc(/C=N\NC(=O)CNC(=O)CNS(=O)(=O)c2ccccc2[N+](=O)[O-])cc1.